The summed E-state index contributed by atoms with van der Waals surface area (Å²) in [5.74, 6) is 0.751. The van der Waals surface area contributed by atoms with Crippen LogP contribution < -0.4 is 4.90 Å². The molecule has 0 saturated heterocycles. The third-order valence-corrected chi connectivity index (χ3v) is 6.21. The maximum atomic E-state index is 13.3. The first-order chi connectivity index (χ1) is 11.6. The molecule has 2 aliphatic rings. The Morgan fingerprint density at radius 2 is 1.83 bits per heavy atom. The normalized spacial score (nSPS) is 23.5. The summed E-state index contributed by atoms with van der Waals surface area (Å²) in [5.41, 5.74) is 0.637. The molecule has 2 aromatic carbocycles. The van der Waals surface area contributed by atoms with Gasteiger partial charge in [-0.1, -0.05) is 15.9 Å². The number of halogens is 2. The quantitative estimate of drug-likeness (QED) is 0.767. The number of β-amino-alcohol motifs (C(OH)–C–C–N with tert-alkyl or cyclic N) is 1. The van der Waals surface area contributed by atoms with Crippen molar-refractivity contribution in [2.24, 2.45) is 0 Å². The Morgan fingerprint density at radius 1 is 1.12 bits per heavy atom. The number of rotatable bonds is 2. The maximum absolute atomic E-state index is 13.3. The van der Waals surface area contributed by atoms with Gasteiger partial charge in [-0.05, 0) is 66.7 Å². The second-order valence-corrected chi connectivity index (χ2v) is 8.00. The molecule has 124 valence electrons. The smallest absolute Gasteiger partial charge is 0.316 e. The molecule has 0 radical (unpaired) electrons. The Hall–Kier alpha value is -1.37. The monoisotopic (exact) mass is 407 g/mol. The van der Waals surface area contributed by atoms with Crippen molar-refractivity contribution in [2.75, 3.05) is 23.7 Å². The third kappa shape index (κ3) is 2.66. The summed E-state index contributed by atoms with van der Waals surface area (Å²) in [5, 5.41) is 12.5. The number of hydrogen-bond acceptors (Lipinski definition) is 3. The largest absolute Gasteiger partial charge is 0.346 e. The van der Waals surface area contributed by atoms with Crippen LogP contribution >= 0.6 is 27.7 Å². The predicted molar refractivity (Wildman–Crippen MR) is 99.0 cm³/mol. The first-order valence-corrected chi connectivity index (χ1v) is 9.65. The van der Waals surface area contributed by atoms with Gasteiger partial charge in [0.2, 0.25) is 0 Å². The molecule has 0 bridgehead atoms. The van der Waals surface area contributed by atoms with Gasteiger partial charge in [0.25, 0.3) is 5.72 Å². The average molecular weight is 408 g/mol. The molecule has 2 aliphatic heterocycles. The molecule has 24 heavy (non-hydrogen) atoms. The fraction of sp³-hybridized carbons (Fsp3) is 0.278. The molecule has 1 N–H and O–H groups in total. The molecule has 4 rings (SSSR count). The summed E-state index contributed by atoms with van der Waals surface area (Å²) < 4.78 is 16.4. The van der Waals surface area contributed by atoms with E-state index in [0.29, 0.717) is 6.54 Å². The molecule has 1 unspecified atom stereocenters. The molecule has 0 spiro atoms. The van der Waals surface area contributed by atoms with Crippen LogP contribution in [0.25, 0.3) is 0 Å². The average Bonchev–Trinajstić information content (AvgIpc) is 2.91. The van der Waals surface area contributed by atoms with Gasteiger partial charge >= 0.3 is 5.17 Å². The van der Waals surface area contributed by atoms with Crippen molar-refractivity contribution in [3.05, 3.63) is 64.4 Å². The van der Waals surface area contributed by atoms with E-state index in [1.165, 1.54) is 12.1 Å². The lowest BCUT2D eigenvalue weighted by molar-refractivity contribution is -0.656. The lowest BCUT2D eigenvalue weighted by Gasteiger charge is -2.24. The fourth-order valence-corrected chi connectivity index (χ4v) is 4.73. The topological polar surface area (TPSA) is 26.5 Å². The van der Waals surface area contributed by atoms with Gasteiger partial charge in [0.05, 0.1) is 6.54 Å². The summed E-state index contributed by atoms with van der Waals surface area (Å²) in [6, 6.07) is 14.3. The molecule has 0 fully saturated rings. The van der Waals surface area contributed by atoms with Gasteiger partial charge in [-0.15, -0.1) is 0 Å². The highest BCUT2D eigenvalue weighted by Crippen LogP contribution is 2.37. The lowest BCUT2D eigenvalue weighted by Crippen LogP contribution is -2.41. The number of nitrogens with zero attached hydrogens (tertiary/aromatic N) is 2. The van der Waals surface area contributed by atoms with Crippen molar-refractivity contribution in [2.45, 2.75) is 12.1 Å². The highest BCUT2D eigenvalue weighted by atomic mass is 79.9. The number of thioether (sulfide) groups is 1. The minimum absolute atomic E-state index is 0.290. The number of aliphatic hydroxyl groups is 1. The van der Waals surface area contributed by atoms with E-state index in [1.54, 1.807) is 23.9 Å². The van der Waals surface area contributed by atoms with Crippen LogP contribution in [-0.4, -0.2) is 33.7 Å². The molecule has 0 aromatic heterocycles. The molecule has 6 heteroatoms. The van der Waals surface area contributed by atoms with Gasteiger partial charge < -0.3 is 5.11 Å². The fourth-order valence-electron chi connectivity index (χ4n) is 3.29. The number of anilines is 1. The van der Waals surface area contributed by atoms with Gasteiger partial charge in [-0.25, -0.2) is 13.9 Å². The standard InChI is InChI=1S/C18H17BrFN2OS/c19-14-4-8-16(9-5-14)21-12-18(23,13-2-6-15(20)7-3-13)22-10-1-11-24-17(21)22/h2-9,23H,1,10-12H2/q+1. The third-order valence-electron chi connectivity index (χ3n) is 4.49. The Balaban J connectivity index is 1.78. The predicted octanol–water partition coefficient (Wildman–Crippen LogP) is 3.76. The lowest BCUT2D eigenvalue weighted by atomic mass is 10.0. The van der Waals surface area contributed by atoms with Gasteiger partial charge in [0.1, 0.15) is 11.5 Å². The summed E-state index contributed by atoms with van der Waals surface area (Å²) in [4.78, 5) is 2.15. The molecule has 3 nitrogen and oxygen atoms in total. The van der Waals surface area contributed by atoms with Crippen LogP contribution in [0.2, 0.25) is 0 Å². The van der Waals surface area contributed by atoms with Crippen LogP contribution in [0, 0.1) is 5.82 Å². The Bertz CT molecular complexity index is 794. The number of amidine groups is 1. The van der Waals surface area contributed by atoms with Crippen molar-refractivity contribution < 1.29 is 14.1 Å². The van der Waals surface area contributed by atoms with Crippen LogP contribution in [0.5, 0.6) is 0 Å². The van der Waals surface area contributed by atoms with Crippen LogP contribution in [-0.2, 0) is 5.72 Å². The van der Waals surface area contributed by atoms with E-state index in [9.17, 15) is 9.50 Å². The molecule has 2 aromatic rings. The zero-order valence-electron chi connectivity index (χ0n) is 13.0. The zero-order valence-corrected chi connectivity index (χ0v) is 15.4. The first kappa shape index (κ1) is 16.1. The highest BCUT2D eigenvalue weighted by molar-refractivity contribution is 9.10. The van der Waals surface area contributed by atoms with E-state index in [-0.39, 0.29) is 5.82 Å². The molecular formula is C18H17BrFN2OS+. The van der Waals surface area contributed by atoms with Crippen LogP contribution in [0.1, 0.15) is 12.0 Å². The summed E-state index contributed by atoms with van der Waals surface area (Å²) in [7, 11) is 0. The van der Waals surface area contributed by atoms with Crippen LogP contribution in [0.4, 0.5) is 10.1 Å². The van der Waals surface area contributed by atoms with Crippen LogP contribution in [0.3, 0.4) is 0 Å². The molecular weight excluding hydrogens is 391 g/mol. The van der Waals surface area contributed by atoms with Gasteiger partial charge in [-0.3, -0.25) is 0 Å². The Morgan fingerprint density at radius 3 is 2.54 bits per heavy atom. The summed E-state index contributed by atoms with van der Waals surface area (Å²) >= 11 is 5.23. The van der Waals surface area contributed by atoms with E-state index >= 15 is 0 Å². The minimum atomic E-state index is -1.14. The minimum Gasteiger partial charge on any atom is -0.346 e. The van der Waals surface area contributed by atoms with Crippen molar-refractivity contribution in [3.63, 3.8) is 0 Å². The van der Waals surface area contributed by atoms with Crippen molar-refractivity contribution in [3.8, 4) is 0 Å². The van der Waals surface area contributed by atoms with Crippen molar-refractivity contribution in [1.82, 2.24) is 0 Å². The zero-order chi connectivity index (χ0) is 16.7. The molecule has 0 saturated carbocycles. The Kier molecular flexibility index (Phi) is 4.14. The number of hydrogen-bond donors (Lipinski definition) is 1. The van der Waals surface area contributed by atoms with Gasteiger partial charge in [0.15, 0.2) is 6.54 Å². The van der Waals surface area contributed by atoms with Crippen molar-refractivity contribution in [1.29, 1.82) is 0 Å². The second kappa shape index (κ2) is 6.17. The van der Waals surface area contributed by atoms with Gasteiger partial charge in [0, 0.05) is 15.8 Å². The molecule has 0 aliphatic carbocycles. The molecule has 0 amide bonds. The number of benzene rings is 2. The molecule has 2 heterocycles. The van der Waals surface area contributed by atoms with E-state index in [4.69, 9.17) is 0 Å². The summed E-state index contributed by atoms with van der Waals surface area (Å²) in [6.45, 7) is 1.23. The van der Waals surface area contributed by atoms with E-state index < -0.39 is 5.72 Å². The van der Waals surface area contributed by atoms with Crippen LogP contribution in [0.15, 0.2) is 53.0 Å². The first-order valence-electron chi connectivity index (χ1n) is 7.87. The summed E-state index contributed by atoms with van der Waals surface area (Å²) in [6.07, 6.45) is 1.02. The van der Waals surface area contributed by atoms with E-state index in [1.807, 2.05) is 24.3 Å². The van der Waals surface area contributed by atoms with Crippen molar-refractivity contribution >= 4 is 38.5 Å². The van der Waals surface area contributed by atoms with E-state index in [0.717, 1.165) is 39.6 Å². The van der Waals surface area contributed by atoms with E-state index in [2.05, 4.69) is 25.4 Å². The Labute approximate surface area is 152 Å². The maximum Gasteiger partial charge on any atom is 0.316 e. The highest BCUT2D eigenvalue weighted by Gasteiger charge is 2.53. The SMILES string of the molecule is OC1(c2ccc(F)cc2)CN(c2ccc(Br)cc2)C2=[N+]1CCCS2. The second-order valence-electron chi connectivity index (χ2n) is 6.02. The van der Waals surface area contributed by atoms with Gasteiger partial charge in [-0.2, -0.15) is 0 Å². The molecule has 1 atom stereocenters.